The van der Waals surface area contributed by atoms with Gasteiger partial charge in [0.15, 0.2) is 0 Å². The van der Waals surface area contributed by atoms with E-state index in [1.54, 1.807) is 13.8 Å². The number of nitrogens with one attached hydrogen (secondary N) is 1. The van der Waals surface area contributed by atoms with Crippen molar-refractivity contribution in [2.24, 2.45) is 5.41 Å². The van der Waals surface area contributed by atoms with E-state index in [4.69, 9.17) is 5.11 Å². The third-order valence-electron chi connectivity index (χ3n) is 3.26. The zero-order chi connectivity index (χ0) is 17.1. The molecule has 4 nitrogen and oxygen atoms in total. The summed E-state index contributed by atoms with van der Waals surface area (Å²) in [7, 11) is 0. The summed E-state index contributed by atoms with van der Waals surface area (Å²) >= 11 is 0. The van der Waals surface area contributed by atoms with Crippen LogP contribution in [-0.2, 0) is 22.2 Å². The van der Waals surface area contributed by atoms with Gasteiger partial charge in [-0.25, -0.2) is 0 Å². The van der Waals surface area contributed by atoms with Crippen LogP contribution < -0.4 is 5.32 Å². The normalized spacial score (nSPS) is 13.5. The van der Waals surface area contributed by atoms with Crippen LogP contribution in [0.4, 0.5) is 13.2 Å². The predicted molar refractivity (Wildman–Crippen MR) is 74.2 cm³/mol. The molecule has 0 spiro atoms. The molecule has 0 saturated heterocycles. The van der Waals surface area contributed by atoms with Gasteiger partial charge in [-0.2, -0.15) is 13.2 Å². The summed E-state index contributed by atoms with van der Waals surface area (Å²) in [6.45, 7) is 4.55. The molecule has 0 bridgehead atoms. The third kappa shape index (κ3) is 4.75. The number of halogens is 3. The summed E-state index contributed by atoms with van der Waals surface area (Å²) < 4.78 is 37.5. The minimum atomic E-state index is -4.40. The van der Waals surface area contributed by atoms with Gasteiger partial charge in [-0.3, -0.25) is 9.59 Å². The van der Waals surface area contributed by atoms with E-state index in [9.17, 15) is 22.8 Å². The topological polar surface area (TPSA) is 66.4 Å². The first-order valence-corrected chi connectivity index (χ1v) is 6.63. The van der Waals surface area contributed by atoms with Gasteiger partial charge in [0.1, 0.15) is 6.04 Å². The highest BCUT2D eigenvalue weighted by atomic mass is 19.4. The summed E-state index contributed by atoms with van der Waals surface area (Å²) in [5.41, 5.74) is -1.13. The molecular formula is C15H18F3NO3. The standard InChI is InChI=1S/C15H18F3NO3/c1-9(12(20)21)19-13(22)14(2,3)8-10-4-6-11(7-5-10)15(16,17)18/h4-7,9H,8H2,1-3H3,(H,19,22)(H,20,21)/t9-/m0/s1. The van der Waals surface area contributed by atoms with Crippen molar-refractivity contribution in [3.05, 3.63) is 35.4 Å². The number of rotatable bonds is 5. The molecule has 0 heterocycles. The number of hydrogen-bond acceptors (Lipinski definition) is 2. The number of benzene rings is 1. The Kier molecular flexibility index (Phi) is 5.22. The van der Waals surface area contributed by atoms with E-state index in [1.165, 1.54) is 19.1 Å². The molecule has 1 atom stereocenters. The highest BCUT2D eigenvalue weighted by Crippen LogP contribution is 2.30. The lowest BCUT2D eigenvalue weighted by atomic mass is 9.84. The van der Waals surface area contributed by atoms with Crippen molar-refractivity contribution < 1.29 is 27.9 Å². The average Bonchev–Trinajstić information content (AvgIpc) is 2.37. The maximum absolute atomic E-state index is 12.5. The second-order valence-electron chi connectivity index (χ2n) is 5.79. The van der Waals surface area contributed by atoms with Crippen LogP contribution in [0, 0.1) is 5.41 Å². The van der Waals surface area contributed by atoms with Crippen LogP contribution >= 0.6 is 0 Å². The summed E-state index contributed by atoms with van der Waals surface area (Å²) in [4.78, 5) is 22.8. The second kappa shape index (κ2) is 6.37. The maximum atomic E-state index is 12.5. The van der Waals surface area contributed by atoms with Crippen molar-refractivity contribution in [3.63, 3.8) is 0 Å². The van der Waals surface area contributed by atoms with Crippen LogP contribution in [0.5, 0.6) is 0 Å². The summed E-state index contributed by atoms with van der Waals surface area (Å²) in [5, 5.41) is 11.1. The van der Waals surface area contributed by atoms with Gasteiger partial charge in [-0.1, -0.05) is 26.0 Å². The molecule has 0 aliphatic carbocycles. The lowest BCUT2D eigenvalue weighted by molar-refractivity contribution is -0.142. The minimum absolute atomic E-state index is 0.198. The molecule has 0 unspecified atom stereocenters. The van der Waals surface area contributed by atoms with Crippen LogP contribution in [0.25, 0.3) is 0 Å². The van der Waals surface area contributed by atoms with Crippen LogP contribution in [0.15, 0.2) is 24.3 Å². The van der Waals surface area contributed by atoms with E-state index in [1.807, 2.05) is 0 Å². The molecule has 2 N–H and O–H groups in total. The van der Waals surface area contributed by atoms with Gasteiger partial charge in [-0.15, -0.1) is 0 Å². The van der Waals surface area contributed by atoms with Gasteiger partial charge < -0.3 is 10.4 Å². The molecule has 0 aliphatic heterocycles. The first kappa shape index (κ1) is 18.0. The number of carboxylic acids is 1. The third-order valence-corrected chi connectivity index (χ3v) is 3.26. The number of amides is 1. The Morgan fingerprint density at radius 2 is 1.68 bits per heavy atom. The summed E-state index contributed by atoms with van der Waals surface area (Å²) in [6, 6.07) is 3.53. The smallest absolute Gasteiger partial charge is 0.416 e. The largest absolute Gasteiger partial charge is 0.480 e. The first-order valence-electron chi connectivity index (χ1n) is 6.63. The van der Waals surface area contributed by atoms with Gasteiger partial charge >= 0.3 is 12.1 Å². The number of carboxylic acid groups (broad SMARTS) is 1. The molecule has 7 heteroatoms. The fourth-order valence-electron chi connectivity index (χ4n) is 1.86. The molecule has 1 aromatic carbocycles. The van der Waals surface area contributed by atoms with E-state index < -0.39 is 35.1 Å². The van der Waals surface area contributed by atoms with E-state index in [-0.39, 0.29) is 6.42 Å². The number of hydrogen-bond donors (Lipinski definition) is 2. The number of carbonyl (C=O) groups is 2. The lowest BCUT2D eigenvalue weighted by Gasteiger charge is -2.25. The minimum Gasteiger partial charge on any atom is -0.480 e. The van der Waals surface area contributed by atoms with Crippen molar-refractivity contribution in [2.45, 2.75) is 39.4 Å². The molecule has 0 fully saturated rings. The van der Waals surface area contributed by atoms with E-state index in [2.05, 4.69) is 5.32 Å². The Labute approximate surface area is 126 Å². The van der Waals surface area contributed by atoms with Crippen LogP contribution in [0.3, 0.4) is 0 Å². The SMILES string of the molecule is C[C@H](NC(=O)C(C)(C)Cc1ccc(C(F)(F)F)cc1)C(=O)O. The Morgan fingerprint density at radius 1 is 1.18 bits per heavy atom. The molecule has 1 amide bonds. The van der Waals surface area contributed by atoms with Gasteiger partial charge in [0, 0.05) is 5.41 Å². The summed E-state index contributed by atoms with van der Waals surface area (Å²) in [5.74, 6) is -1.62. The van der Waals surface area contributed by atoms with Crippen molar-refractivity contribution in [2.75, 3.05) is 0 Å². The Bertz CT molecular complexity index is 550. The van der Waals surface area contributed by atoms with E-state index in [0.29, 0.717) is 5.56 Å². The van der Waals surface area contributed by atoms with Gasteiger partial charge in [0.25, 0.3) is 0 Å². The molecule has 22 heavy (non-hydrogen) atoms. The fourth-order valence-corrected chi connectivity index (χ4v) is 1.86. The number of alkyl halides is 3. The zero-order valence-corrected chi connectivity index (χ0v) is 12.5. The molecular weight excluding hydrogens is 299 g/mol. The molecule has 0 aliphatic rings. The van der Waals surface area contributed by atoms with Crippen LogP contribution in [0.1, 0.15) is 31.9 Å². The second-order valence-corrected chi connectivity index (χ2v) is 5.79. The molecule has 0 aromatic heterocycles. The quantitative estimate of drug-likeness (QED) is 0.877. The summed E-state index contributed by atoms with van der Waals surface area (Å²) in [6.07, 6.45) is -4.20. The number of carbonyl (C=O) groups excluding carboxylic acids is 1. The molecule has 0 radical (unpaired) electrons. The fraction of sp³-hybridized carbons (Fsp3) is 0.467. The van der Waals surface area contributed by atoms with Crippen molar-refractivity contribution in [1.82, 2.24) is 5.32 Å². The Hall–Kier alpha value is -2.05. The van der Waals surface area contributed by atoms with Gasteiger partial charge in [-0.05, 0) is 31.0 Å². The molecule has 1 rings (SSSR count). The van der Waals surface area contributed by atoms with Crippen LogP contribution in [0.2, 0.25) is 0 Å². The van der Waals surface area contributed by atoms with Crippen molar-refractivity contribution in [1.29, 1.82) is 0 Å². The van der Waals surface area contributed by atoms with Crippen molar-refractivity contribution >= 4 is 11.9 Å². The van der Waals surface area contributed by atoms with Crippen LogP contribution in [-0.4, -0.2) is 23.0 Å². The lowest BCUT2D eigenvalue weighted by Crippen LogP contribution is -2.45. The molecule has 1 aromatic rings. The average molecular weight is 317 g/mol. The predicted octanol–water partition coefficient (Wildman–Crippen LogP) is 2.86. The Morgan fingerprint density at radius 3 is 2.09 bits per heavy atom. The molecule has 122 valence electrons. The first-order chi connectivity index (χ1) is 9.93. The maximum Gasteiger partial charge on any atom is 0.416 e. The monoisotopic (exact) mass is 317 g/mol. The van der Waals surface area contributed by atoms with Crippen molar-refractivity contribution in [3.8, 4) is 0 Å². The zero-order valence-electron chi connectivity index (χ0n) is 12.5. The van der Waals surface area contributed by atoms with E-state index in [0.717, 1.165) is 12.1 Å². The highest BCUT2D eigenvalue weighted by Gasteiger charge is 2.32. The Balaban J connectivity index is 2.79. The highest BCUT2D eigenvalue weighted by molar-refractivity contribution is 5.86. The number of aliphatic carboxylic acids is 1. The van der Waals surface area contributed by atoms with Gasteiger partial charge in [0.05, 0.1) is 5.56 Å². The van der Waals surface area contributed by atoms with E-state index >= 15 is 0 Å². The molecule has 0 saturated carbocycles. The van der Waals surface area contributed by atoms with Gasteiger partial charge in [0.2, 0.25) is 5.91 Å².